The van der Waals surface area contributed by atoms with Gasteiger partial charge in [-0.3, -0.25) is 9.52 Å². The van der Waals surface area contributed by atoms with Gasteiger partial charge in [-0.2, -0.15) is 0 Å². The molecule has 5 nitrogen and oxygen atoms in total. The first kappa shape index (κ1) is 18.5. The average molecular weight is 372 g/mol. The van der Waals surface area contributed by atoms with Crippen LogP contribution < -0.4 is 10.0 Å². The number of benzene rings is 2. The average Bonchev–Trinajstić information content (AvgIpc) is 2.64. The Morgan fingerprint density at radius 2 is 1.73 bits per heavy atom. The number of anilines is 1. The summed E-state index contributed by atoms with van der Waals surface area (Å²) in [4.78, 5) is 12.7. The van der Waals surface area contributed by atoms with Crippen molar-refractivity contribution in [3.05, 3.63) is 60.2 Å². The second kappa shape index (κ2) is 7.91. The van der Waals surface area contributed by atoms with E-state index in [4.69, 9.17) is 0 Å². The van der Waals surface area contributed by atoms with Crippen molar-refractivity contribution in [2.75, 3.05) is 4.72 Å². The normalized spacial score (nSPS) is 20.3. The Kier molecular flexibility index (Phi) is 5.61. The number of carbonyl (C=O) groups is 1. The zero-order chi connectivity index (χ0) is 18.6. The monoisotopic (exact) mass is 372 g/mol. The molecule has 138 valence electrons. The fourth-order valence-electron chi connectivity index (χ4n) is 3.32. The van der Waals surface area contributed by atoms with Crippen LogP contribution >= 0.6 is 0 Å². The van der Waals surface area contributed by atoms with Crippen LogP contribution in [0, 0.1) is 5.92 Å². The highest BCUT2D eigenvalue weighted by atomic mass is 32.2. The van der Waals surface area contributed by atoms with Crippen molar-refractivity contribution in [3.63, 3.8) is 0 Å². The first-order chi connectivity index (χ1) is 12.5. The Morgan fingerprint density at radius 1 is 1.00 bits per heavy atom. The molecular weight excluding hydrogens is 348 g/mol. The number of hydrogen-bond acceptors (Lipinski definition) is 3. The first-order valence-electron chi connectivity index (χ1n) is 8.94. The number of rotatable bonds is 5. The van der Waals surface area contributed by atoms with E-state index in [1.54, 1.807) is 42.5 Å². The fourth-order valence-corrected chi connectivity index (χ4v) is 4.39. The van der Waals surface area contributed by atoms with Gasteiger partial charge in [0, 0.05) is 17.3 Å². The SMILES string of the molecule is CC1CCCCC1NC(=O)c1cccc(NS(=O)(=O)c2ccccc2)c1. The van der Waals surface area contributed by atoms with Crippen molar-refractivity contribution in [2.24, 2.45) is 5.92 Å². The molecule has 3 rings (SSSR count). The van der Waals surface area contributed by atoms with Crippen LogP contribution in [0.1, 0.15) is 43.0 Å². The molecule has 0 heterocycles. The molecule has 2 aromatic rings. The Labute approximate surface area is 154 Å². The molecule has 1 aliphatic rings. The van der Waals surface area contributed by atoms with E-state index < -0.39 is 10.0 Å². The molecule has 6 heteroatoms. The van der Waals surface area contributed by atoms with Gasteiger partial charge >= 0.3 is 0 Å². The smallest absolute Gasteiger partial charge is 0.261 e. The molecule has 0 saturated heterocycles. The molecule has 0 bridgehead atoms. The maximum atomic E-state index is 12.6. The van der Waals surface area contributed by atoms with Gasteiger partial charge in [0.15, 0.2) is 0 Å². The summed E-state index contributed by atoms with van der Waals surface area (Å²) in [6.07, 6.45) is 4.46. The molecular formula is C20H24N2O3S. The van der Waals surface area contributed by atoms with Gasteiger partial charge in [0.2, 0.25) is 0 Å². The van der Waals surface area contributed by atoms with E-state index in [1.807, 2.05) is 0 Å². The minimum Gasteiger partial charge on any atom is -0.349 e. The molecule has 1 saturated carbocycles. The number of carbonyl (C=O) groups excluding carboxylic acids is 1. The van der Waals surface area contributed by atoms with Crippen LogP contribution in [0.3, 0.4) is 0 Å². The second-order valence-corrected chi connectivity index (χ2v) is 8.52. The third kappa shape index (κ3) is 4.43. The van der Waals surface area contributed by atoms with Crippen LogP contribution in [0.5, 0.6) is 0 Å². The van der Waals surface area contributed by atoms with E-state index in [-0.39, 0.29) is 16.8 Å². The van der Waals surface area contributed by atoms with E-state index in [9.17, 15) is 13.2 Å². The summed E-state index contributed by atoms with van der Waals surface area (Å²) < 4.78 is 27.4. The highest BCUT2D eigenvalue weighted by molar-refractivity contribution is 7.92. The molecule has 2 unspecified atom stereocenters. The largest absolute Gasteiger partial charge is 0.349 e. The molecule has 0 radical (unpaired) electrons. The minimum atomic E-state index is -3.67. The minimum absolute atomic E-state index is 0.162. The maximum absolute atomic E-state index is 12.6. The molecule has 2 aromatic carbocycles. The first-order valence-corrected chi connectivity index (χ1v) is 10.4. The maximum Gasteiger partial charge on any atom is 0.261 e. The van der Waals surface area contributed by atoms with E-state index in [0.717, 1.165) is 19.3 Å². The predicted molar refractivity (Wildman–Crippen MR) is 103 cm³/mol. The number of sulfonamides is 1. The molecule has 1 amide bonds. The van der Waals surface area contributed by atoms with Crippen LogP contribution in [-0.2, 0) is 10.0 Å². The molecule has 26 heavy (non-hydrogen) atoms. The van der Waals surface area contributed by atoms with Crippen LogP contribution in [0.2, 0.25) is 0 Å². The van der Waals surface area contributed by atoms with E-state index in [0.29, 0.717) is 17.2 Å². The summed E-state index contributed by atoms with van der Waals surface area (Å²) in [5.74, 6) is 0.303. The van der Waals surface area contributed by atoms with Crippen LogP contribution in [-0.4, -0.2) is 20.4 Å². The van der Waals surface area contributed by atoms with E-state index in [2.05, 4.69) is 17.0 Å². The molecule has 1 aliphatic carbocycles. The molecule has 1 fully saturated rings. The Bertz CT molecular complexity index is 866. The third-order valence-corrected chi connectivity index (χ3v) is 6.26. The summed E-state index contributed by atoms with van der Waals surface area (Å²) in [7, 11) is -3.67. The van der Waals surface area contributed by atoms with Gasteiger partial charge in [-0.05, 0) is 49.1 Å². The third-order valence-electron chi connectivity index (χ3n) is 4.86. The lowest BCUT2D eigenvalue weighted by atomic mass is 9.86. The van der Waals surface area contributed by atoms with Gasteiger partial charge < -0.3 is 5.32 Å². The zero-order valence-corrected chi connectivity index (χ0v) is 15.6. The lowest BCUT2D eigenvalue weighted by Crippen LogP contribution is -2.41. The molecule has 0 aromatic heterocycles. The van der Waals surface area contributed by atoms with Crippen molar-refractivity contribution < 1.29 is 13.2 Å². The summed E-state index contributed by atoms with van der Waals surface area (Å²) in [6.45, 7) is 2.16. The number of amides is 1. The van der Waals surface area contributed by atoms with Gasteiger partial charge in [-0.25, -0.2) is 8.42 Å². The quantitative estimate of drug-likeness (QED) is 0.838. The summed E-state index contributed by atoms with van der Waals surface area (Å²) >= 11 is 0. The Hall–Kier alpha value is -2.34. The topological polar surface area (TPSA) is 75.3 Å². The molecule has 0 spiro atoms. The van der Waals surface area contributed by atoms with E-state index >= 15 is 0 Å². The van der Waals surface area contributed by atoms with Crippen molar-refractivity contribution >= 4 is 21.6 Å². The standard InChI is InChI=1S/C20H24N2O3S/c1-15-8-5-6-13-19(15)21-20(23)16-9-7-10-17(14-16)22-26(24,25)18-11-3-2-4-12-18/h2-4,7,9-12,14-15,19,22H,5-6,8,13H2,1H3,(H,21,23). The predicted octanol–water partition coefficient (Wildman–Crippen LogP) is 3.80. The summed E-state index contributed by atoms with van der Waals surface area (Å²) in [5, 5.41) is 3.09. The highest BCUT2D eigenvalue weighted by Crippen LogP contribution is 2.24. The number of nitrogens with one attached hydrogen (secondary N) is 2. The highest BCUT2D eigenvalue weighted by Gasteiger charge is 2.23. The van der Waals surface area contributed by atoms with Crippen molar-refractivity contribution in [3.8, 4) is 0 Å². The van der Waals surface area contributed by atoms with Crippen LogP contribution in [0.25, 0.3) is 0 Å². The van der Waals surface area contributed by atoms with Gasteiger partial charge in [0.05, 0.1) is 4.90 Å². The fraction of sp³-hybridized carbons (Fsp3) is 0.350. The van der Waals surface area contributed by atoms with Crippen LogP contribution in [0.4, 0.5) is 5.69 Å². The summed E-state index contributed by atoms with van der Waals surface area (Å²) in [6, 6.07) is 14.9. The Morgan fingerprint density at radius 3 is 2.46 bits per heavy atom. The van der Waals surface area contributed by atoms with Crippen molar-refractivity contribution in [2.45, 2.75) is 43.5 Å². The van der Waals surface area contributed by atoms with Gasteiger partial charge in [-0.1, -0.05) is 44.0 Å². The van der Waals surface area contributed by atoms with Gasteiger partial charge in [0.1, 0.15) is 0 Å². The molecule has 0 aliphatic heterocycles. The van der Waals surface area contributed by atoms with Crippen molar-refractivity contribution in [1.29, 1.82) is 0 Å². The lowest BCUT2D eigenvalue weighted by molar-refractivity contribution is 0.0910. The number of hydrogen-bond donors (Lipinski definition) is 2. The van der Waals surface area contributed by atoms with Crippen molar-refractivity contribution in [1.82, 2.24) is 5.32 Å². The van der Waals surface area contributed by atoms with E-state index in [1.165, 1.54) is 18.6 Å². The van der Waals surface area contributed by atoms with Gasteiger partial charge in [-0.15, -0.1) is 0 Å². The Balaban J connectivity index is 1.73. The molecule has 2 N–H and O–H groups in total. The van der Waals surface area contributed by atoms with Gasteiger partial charge in [0.25, 0.3) is 15.9 Å². The second-order valence-electron chi connectivity index (χ2n) is 6.84. The van der Waals surface area contributed by atoms with Crippen LogP contribution in [0.15, 0.2) is 59.5 Å². The summed E-state index contributed by atoms with van der Waals surface area (Å²) in [5.41, 5.74) is 0.828. The molecule has 2 atom stereocenters. The zero-order valence-electron chi connectivity index (χ0n) is 14.8. The lowest BCUT2D eigenvalue weighted by Gasteiger charge is -2.29.